The number of fused-ring (bicyclic) bond motifs is 1. The highest BCUT2D eigenvalue weighted by Gasteiger charge is 2.19. The number of hydrogen-bond donors (Lipinski definition) is 1. The summed E-state index contributed by atoms with van der Waals surface area (Å²) in [7, 11) is 3.42. The van der Waals surface area contributed by atoms with Crippen molar-refractivity contribution in [1.29, 1.82) is 0 Å². The average Bonchev–Trinajstić information content (AvgIpc) is 2.85. The third-order valence-corrected chi connectivity index (χ3v) is 4.55. The smallest absolute Gasteiger partial charge is 0.328 e. The van der Waals surface area contributed by atoms with Crippen LogP contribution in [-0.4, -0.2) is 21.1 Å². The summed E-state index contributed by atoms with van der Waals surface area (Å²) >= 11 is 5.86. The highest BCUT2D eigenvalue weighted by atomic mass is 35.5. The van der Waals surface area contributed by atoms with Gasteiger partial charge in [0.1, 0.15) is 5.75 Å². The number of aryl methyl sites for hydroxylation is 2. The van der Waals surface area contributed by atoms with Gasteiger partial charge in [-0.15, -0.1) is 0 Å². The molecule has 3 rings (SSSR count). The van der Waals surface area contributed by atoms with Gasteiger partial charge in [0.05, 0.1) is 11.0 Å². The van der Waals surface area contributed by atoms with E-state index in [1.54, 1.807) is 59.6 Å². The quantitative estimate of drug-likeness (QED) is 0.746. The number of aromatic nitrogens is 2. The number of benzene rings is 2. The summed E-state index contributed by atoms with van der Waals surface area (Å²) < 4.78 is 8.87. The Labute approximate surface area is 155 Å². The molecule has 1 atom stereocenters. The Morgan fingerprint density at radius 1 is 1.12 bits per heavy atom. The van der Waals surface area contributed by atoms with E-state index in [0.717, 1.165) is 11.0 Å². The highest BCUT2D eigenvalue weighted by Crippen LogP contribution is 2.20. The second kappa shape index (κ2) is 7.25. The fraction of sp³-hybridized carbons (Fsp3) is 0.263. The summed E-state index contributed by atoms with van der Waals surface area (Å²) in [5, 5.41) is 3.47. The summed E-state index contributed by atoms with van der Waals surface area (Å²) in [6, 6.07) is 12.2. The zero-order chi connectivity index (χ0) is 18.8. The lowest BCUT2D eigenvalue weighted by atomic mass is 10.2. The second-order valence-electron chi connectivity index (χ2n) is 6.06. The van der Waals surface area contributed by atoms with Gasteiger partial charge in [-0.05, 0) is 48.9 Å². The molecule has 0 radical (unpaired) electrons. The number of imidazole rings is 1. The monoisotopic (exact) mass is 373 g/mol. The highest BCUT2D eigenvalue weighted by molar-refractivity contribution is 6.30. The van der Waals surface area contributed by atoms with Gasteiger partial charge in [0.15, 0.2) is 6.10 Å². The minimum atomic E-state index is -0.633. The van der Waals surface area contributed by atoms with Gasteiger partial charge in [-0.2, -0.15) is 0 Å². The van der Waals surface area contributed by atoms with Crippen LogP contribution in [0.5, 0.6) is 5.75 Å². The van der Waals surface area contributed by atoms with E-state index in [-0.39, 0.29) is 11.6 Å². The molecule has 1 aromatic heterocycles. The van der Waals surface area contributed by atoms with Gasteiger partial charge >= 0.3 is 5.69 Å². The summed E-state index contributed by atoms with van der Waals surface area (Å²) in [6.07, 6.45) is -0.118. The molecule has 0 fully saturated rings. The molecule has 1 N–H and O–H groups in total. The predicted molar refractivity (Wildman–Crippen MR) is 103 cm³/mol. The third-order valence-electron chi connectivity index (χ3n) is 4.29. The predicted octanol–water partition coefficient (Wildman–Crippen LogP) is 3.33. The van der Waals surface area contributed by atoms with Crippen LogP contribution < -0.4 is 15.7 Å². The summed E-state index contributed by atoms with van der Waals surface area (Å²) in [5.74, 6) is 0.333. The van der Waals surface area contributed by atoms with E-state index in [4.69, 9.17) is 16.3 Å². The van der Waals surface area contributed by atoms with Crippen LogP contribution in [-0.2, 0) is 18.9 Å². The van der Waals surface area contributed by atoms with Crippen molar-refractivity contribution in [3.63, 3.8) is 0 Å². The van der Waals surface area contributed by atoms with Gasteiger partial charge in [0.25, 0.3) is 5.91 Å². The molecule has 0 bridgehead atoms. The maximum atomic E-state index is 12.6. The summed E-state index contributed by atoms with van der Waals surface area (Å²) in [4.78, 5) is 24.6. The van der Waals surface area contributed by atoms with E-state index in [0.29, 0.717) is 22.9 Å². The number of carbonyl (C=O) groups excluding carboxylic acids is 1. The summed E-state index contributed by atoms with van der Waals surface area (Å²) in [6.45, 7) is 1.88. The van der Waals surface area contributed by atoms with Crippen LogP contribution >= 0.6 is 11.6 Å². The van der Waals surface area contributed by atoms with E-state index in [1.807, 2.05) is 13.0 Å². The minimum Gasteiger partial charge on any atom is -0.481 e. The van der Waals surface area contributed by atoms with E-state index >= 15 is 0 Å². The number of nitrogens with zero attached hydrogens (tertiary/aromatic N) is 2. The SMILES string of the molecule is CCC(Oc1ccc(Cl)cc1)C(=O)Nc1ccc2c(c1)n(C)c(=O)n2C. The molecule has 7 heteroatoms. The lowest BCUT2D eigenvalue weighted by Crippen LogP contribution is -2.32. The molecule has 1 heterocycles. The lowest BCUT2D eigenvalue weighted by molar-refractivity contribution is -0.122. The number of ether oxygens (including phenoxy) is 1. The van der Waals surface area contributed by atoms with Gasteiger partial charge in [-0.1, -0.05) is 18.5 Å². The Bertz CT molecular complexity index is 1010. The second-order valence-corrected chi connectivity index (χ2v) is 6.50. The average molecular weight is 374 g/mol. The standard InChI is InChI=1S/C19H20ClN3O3/c1-4-17(26-14-8-5-12(20)6-9-14)18(24)21-13-7-10-15-16(11-13)23(3)19(25)22(15)2/h5-11,17H,4H2,1-3H3,(H,21,24). The molecule has 0 saturated heterocycles. The first-order valence-electron chi connectivity index (χ1n) is 8.29. The van der Waals surface area contributed by atoms with Crippen LogP contribution in [0, 0.1) is 0 Å². The van der Waals surface area contributed by atoms with Crippen molar-refractivity contribution in [2.24, 2.45) is 14.1 Å². The van der Waals surface area contributed by atoms with Crippen LogP contribution in [0.3, 0.4) is 0 Å². The number of carbonyl (C=O) groups is 1. The Morgan fingerprint density at radius 3 is 2.42 bits per heavy atom. The molecular formula is C19H20ClN3O3. The molecule has 136 valence electrons. The fourth-order valence-electron chi connectivity index (χ4n) is 2.81. The largest absolute Gasteiger partial charge is 0.481 e. The number of halogens is 1. The van der Waals surface area contributed by atoms with Crippen molar-refractivity contribution in [2.45, 2.75) is 19.4 Å². The van der Waals surface area contributed by atoms with Crippen molar-refractivity contribution in [3.8, 4) is 5.75 Å². The molecule has 0 aliphatic rings. The molecule has 1 unspecified atom stereocenters. The van der Waals surface area contributed by atoms with E-state index in [9.17, 15) is 9.59 Å². The fourth-order valence-corrected chi connectivity index (χ4v) is 2.93. The first kappa shape index (κ1) is 18.1. The molecule has 0 aliphatic carbocycles. The van der Waals surface area contributed by atoms with E-state index < -0.39 is 6.10 Å². The molecular weight excluding hydrogens is 354 g/mol. The van der Waals surface area contributed by atoms with E-state index in [2.05, 4.69) is 5.32 Å². The van der Waals surface area contributed by atoms with Crippen molar-refractivity contribution < 1.29 is 9.53 Å². The molecule has 2 aromatic carbocycles. The van der Waals surface area contributed by atoms with Crippen molar-refractivity contribution in [3.05, 3.63) is 58.0 Å². The van der Waals surface area contributed by atoms with Gasteiger partial charge < -0.3 is 10.1 Å². The first-order valence-corrected chi connectivity index (χ1v) is 8.67. The van der Waals surface area contributed by atoms with Gasteiger partial charge in [-0.25, -0.2) is 4.79 Å². The molecule has 0 spiro atoms. The van der Waals surface area contributed by atoms with Gasteiger partial charge in [0, 0.05) is 24.8 Å². The van der Waals surface area contributed by atoms with Gasteiger partial charge in [0.2, 0.25) is 0 Å². The van der Waals surface area contributed by atoms with Crippen LogP contribution in [0.1, 0.15) is 13.3 Å². The minimum absolute atomic E-state index is 0.110. The molecule has 0 aliphatic heterocycles. The Hall–Kier alpha value is -2.73. The zero-order valence-corrected chi connectivity index (χ0v) is 15.6. The van der Waals surface area contributed by atoms with Crippen LogP contribution in [0.4, 0.5) is 5.69 Å². The van der Waals surface area contributed by atoms with Crippen molar-refractivity contribution >= 4 is 34.2 Å². The topological polar surface area (TPSA) is 65.3 Å². The molecule has 0 saturated carbocycles. The molecule has 1 amide bonds. The van der Waals surface area contributed by atoms with E-state index in [1.165, 1.54) is 0 Å². The maximum Gasteiger partial charge on any atom is 0.328 e. The van der Waals surface area contributed by atoms with Crippen molar-refractivity contribution in [1.82, 2.24) is 9.13 Å². The first-order chi connectivity index (χ1) is 12.4. The number of nitrogens with one attached hydrogen (secondary N) is 1. The zero-order valence-electron chi connectivity index (χ0n) is 14.8. The number of anilines is 1. The normalized spacial score (nSPS) is 12.2. The Balaban J connectivity index is 1.79. The Kier molecular flexibility index (Phi) is 5.04. The van der Waals surface area contributed by atoms with Crippen molar-refractivity contribution in [2.75, 3.05) is 5.32 Å². The summed E-state index contributed by atoms with van der Waals surface area (Å²) in [5.41, 5.74) is 2.06. The van der Waals surface area contributed by atoms with Crippen LogP contribution in [0.2, 0.25) is 5.02 Å². The number of amides is 1. The van der Waals surface area contributed by atoms with Crippen LogP contribution in [0.15, 0.2) is 47.3 Å². The Morgan fingerprint density at radius 2 is 1.77 bits per heavy atom. The lowest BCUT2D eigenvalue weighted by Gasteiger charge is -2.17. The van der Waals surface area contributed by atoms with Crippen LogP contribution in [0.25, 0.3) is 11.0 Å². The molecule has 26 heavy (non-hydrogen) atoms. The molecule has 3 aromatic rings. The third kappa shape index (κ3) is 3.46. The maximum absolute atomic E-state index is 12.6. The number of rotatable bonds is 5. The number of hydrogen-bond acceptors (Lipinski definition) is 3. The van der Waals surface area contributed by atoms with Gasteiger partial charge in [-0.3, -0.25) is 13.9 Å². The molecule has 6 nitrogen and oxygen atoms in total.